The highest BCUT2D eigenvalue weighted by Crippen LogP contribution is 2.72. The number of anilines is 1. The van der Waals surface area contributed by atoms with Gasteiger partial charge in [-0.25, -0.2) is 23.6 Å². The number of methoxy groups -OCH3 is 4. The van der Waals surface area contributed by atoms with Crippen LogP contribution in [0.25, 0.3) is 5.57 Å². The number of thioether (sulfide) groups is 3. The van der Waals surface area contributed by atoms with Gasteiger partial charge in [0.05, 0.1) is 57.4 Å². The molecule has 2 aromatic rings. The van der Waals surface area contributed by atoms with Crippen molar-refractivity contribution in [1.82, 2.24) is 5.32 Å². The van der Waals surface area contributed by atoms with Crippen LogP contribution in [0, 0.1) is 5.82 Å². The third kappa shape index (κ3) is 5.18. The summed E-state index contributed by atoms with van der Waals surface area (Å²) in [7, 11) is 4.58. The van der Waals surface area contributed by atoms with E-state index >= 15 is 4.39 Å². The van der Waals surface area contributed by atoms with Crippen LogP contribution in [-0.2, 0) is 38.1 Å². The second kappa shape index (κ2) is 13.0. The van der Waals surface area contributed by atoms with Crippen molar-refractivity contribution in [3.05, 3.63) is 84.1 Å². The second-order valence-electron chi connectivity index (χ2n) is 11.6. The van der Waals surface area contributed by atoms with Crippen LogP contribution in [0.1, 0.15) is 48.4 Å². The number of hydrogen-bond acceptors (Lipinski definition) is 14. The van der Waals surface area contributed by atoms with E-state index in [4.69, 9.17) is 23.7 Å². The Morgan fingerprint density at radius 2 is 1.42 bits per heavy atom. The Morgan fingerprint density at radius 1 is 0.860 bits per heavy atom. The fraction of sp³-hybridized carbons (Fsp3) is 0.324. The van der Waals surface area contributed by atoms with Crippen LogP contribution in [-0.4, -0.2) is 74.4 Å². The lowest BCUT2D eigenvalue weighted by atomic mass is 9.80. The van der Waals surface area contributed by atoms with E-state index in [-0.39, 0.29) is 38.0 Å². The van der Waals surface area contributed by atoms with Gasteiger partial charge in [0.1, 0.15) is 36.5 Å². The molecule has 0 fully saturated rings. The lowest BCUT2D eigenvalue weighted by Gasteiger charge is -2.56. The number of rotatable bonds is 7. The Balaban J connectivity index is 1.76. The van der Waals surface area contributed by atoms with Crippen LogP contribution < -0.4 is 15.0 Å². The van der Waals surface area contributed by atoms with Crippen molar-refractivity contribution in [2.45, 2.75) is 36.6 Å². The molecule has 1 spiro atoms. The van der Waals surface area contributed by atoms with Gasteiger partial charge in [-0.3, -0.25) is 4.79 Å². The molecule has 1 atom stereocenters. The molecule has 12 nitrogen and oxygen atoms in total. The molecule has 2 aromatic carbocycles. The molecule has 1 unspecified atom stereocenters. The van der Waals surface area contributed by atoms with Gasteiger partial charge in [0.2, 0.25) is 0 Å². The summed E-state index contributed by atoms with van der Waals surface area (Å²) in [6.07, 6.45) is -1.03. The van der Waals surface area contributed by atoms with Gasteiger partial charge in [0, 0.05) is 21.6 Å². The quantitative estimate of drug-likeness (QED) is 0.298. The zero-order valence-electron chi connectivity index (χ0n) is 27.9. The first-order valence-corrected chi connectivity index (χ1v) is 17.5. The van der Waals surface area contributed by atoms with Gasteiger partial charge < -0.3 is 33.9 Å². The summed E-state index contributed by atoms with van der Waals surface area (Å²) in [5.74, 6) is -4.35. The highest BCUT2D eigenvalue weighted by molar-refractivity contribution is 8.26. The Labute approximate surface area is 299 Å². The third-order valence-corrected chi connectivity index (χ3v) is 13.2. The van der Waals surface area contributed by atoms with Crippen LogP contribution in [0.15, 0.2) is 61.6 Å². The molecule has 0 bridgehead atoms. The standard InChI is InChI=1S/C34H31FN2O10S3/c1-8-47-15-13-17-20-26(33(2,3)37-22(17)18(14-15)28(38)36-27(37)16-11-9-10-12-19(16)35)48-23(30(40)44-5)21(29(39)43-4)34(20)49-24(31(41)45-6)25(50-34)32(42)46-7/h9-14,27H,8H2,1-7H3,(H,36,38). The highest BCUT2D eigenvalue weighted by atomic mass is 32.2. The molecule has 0 radical (unpaired) electrons. The van der Waals surface area contributed by atoms with E-state index < -0.39 is 51.4 Å². The van der Waals surface area contributed by atoms with Gasteiger partial charge in [-0.05, 0) is 39.0 Å². The molecule has 262 valence electrons. The number of fused-ring (bicyclic) bond motifs is 2. The Bertz CT molecular complexity index is 1960. The number of nitrogens with zero attached hydrogens (tertiary/aromatic N) is 1. The van der Waals surface area contributed by atoms with E-state index in [1.54, 1.807) is 37.3 Å². The van der Waals surface area contributed by atoms with Crippen molar-refractivity contribution in [1.29, 1.82) is 0 Å². The summed E-state index contributed by atoms with van der Waals surface area (Å²) < 4.78 is 40.2. The lowest BCUT2D eigenvalue weighted by molar-refractivity contribution is -0.138. The van der Waals surface area contributed by atoms with Crippen LogP contribution in [0.5, 0.6) is 5.75 Å². The van der Waals surface area contributed by atoms with Crippen molar-refractivity contribution < 1.29 is 52.0 Å². The number of benzene rings is 2. The molecule has 1 amide bonds. The van der Waals surface area contributed by atoms with Gasteiger partial charge in [0.25, 0.3) is 5.91 Å². The first kappa shape index (κ1) is 35.4. The summed E-state index contributed by atoms with van der Waals surface area (Å²) in [6, 6.07) is 9.33. The van der Waals surface area contributed by atoms with Gasteiger partial charge >= 0.3 is 23.9 Å². The van der Waals surface area contributed by atoms with Gasteiger partial charge in [-0.2, -0.15) is 0 Å². The van der Waals surface area contributed by atoms with E-state index in [0.29, 0.717) is 27.5 Å². The molecule has 0 saturated heterocycles. The average Bonchev–Trinajstić information content (AvgIpc) is 3.49. The summed E-state index contributed by atoms with van der Waals surface area (Å²) in [5.41, 5.74) is 0.137. The number of nitrogens with one attached hydrogen (secondary N) is 1. The van der Waals surface area contributed by atoms with Gasteiger partial charge in [0.15, 0.2) is 0 Å². The Kier molecular flexibility index (Phi) is 9.24. The zero-order valence-corrected chi connectivity index (χ0v) is 30.3. The predicted molar refractivity (Wildman–Crippen MR) is 185 cm³/mol. The van der Waals surface area contributed by atoms with Gasteiger partial charge in [-0.1, -0.05) is 53.5 Å². The minimum absolute atomic E-state index is 0.158. The minimum Gasteiger partial charge on any atom is -0.494 e. The first-order chi connectivity index (χ1) is 23.8. The first-order valence-electron chi connectivity index (χ1n) is 15.1. The maximum absolute atomic E-state index is 15.6. The lowest BCUT2D eigenvalue weighted by Crippen LogP contribution is -2.59. The zero-order chi connectivity index (χ0) is 36.3. The maximum Gasteiger partial charge on any atom is 0.345 e. The third-order valence-electron chi connectivity index (χ3n) is 8.55. The number of ether oxygens (including phenoxy) is 5. The smallest absolute Gasteiger partial charge is 0.345 e. The minimum atomic E-state index is -1.78. The molecular weight excluding hydrogens is 712 g/mol. The molecule has 50 heavy (non-hydrogen) atoms. The molecule has 0 saturated carbocycles. The number of esters is 4. The van der Waals surface area contributed by atoms with Crippen LogP contribution in [0.3, 0.4) is 0 Å². The van der Waals surface area contributed by atoms with Crippen LogP contribution in [0.2, 0.25) is 0 Å². The van der Waals surface area contributed by atoms with E-state index in [1.807, 2.05) is 18.7 Å². The van der Waals surface area contributed by atoms with E-state index in [0.717, 1.165) is 63.7 Å². The largest absolute Gasteiger partial charge is 0.494 e. The molecular formula is C34H31FN2O10S3. The van der Waals surface area contributed by atoms with E-state index in [9.17, 15) is 24.0 Å². The molecule has 0 aromatic heterocycles. The molecule has 4 aliphatic heterocycles. The molecule has 0 aliphatic carbocycles. The monoisotopic (exact) mass is 742 g/mol. The molecule has 4 heterocycles. The van der Waals surface area contributed by atoms with Crippen molar-refractivity contribution in [2.24, 2.45) is 0 Å². The molecule has 1 N–H and O–H groups in total. The number of carbonyl (C=O) groups excluding carboxylic acids is 5. The summed E-state index contributed by atoms with van der Waals surface area (Å²) in [4.78, 5) is 70.0. The van der Waals surface area contributed by atoms with E-state index in [1.165, 1.54) is 6.07 Å². The summed E-state index contributed by atoms with van der Waals surface area (Å²) >= 11 is 2.58. The van der Waals surface area contributed by atoms with E-state index in [2.05, 4.69) is 5.32 Å². The normalized spacial score (nSPS) is 19.8. The SMILES string of the molecule is CCOc1cc2c3c(c1)C1=C(SC(C(=O)OC)=C(C(=O)OC)C14SC(C(=O)OC)=C(C(=O)OC)S4)C(C)(C)N3C(c1ccccc1F)NC2=O. The van der Waals surface area contributed by atoms with Gasteiger partial charge in [-0.15, -0.1) is 0 Å². The van der Waals surface area contributed by atoms with Crippen molar-refractivity contribution in [2.75, 3.05) is 39.9 Å². The molecule has 6 rings (SSSR count). The number of carbonyl (C=O) groups is 5. The number of halogens is 1. The molecule has 16 heteroatoms. The Morgan fingerprint density at radius 3 is 1.98 bits per heavy atom. The van der Waals surface area contributed by atoms with Crippen molar-refractivity contribution in [3.63, 3.8) is 0 Å². The number of hydrogen-bond donors (Lipinski definition) is 1. The fourth-order valence-corrected chi connectivity index (χ4v) is 11.5. The number of amides is 1. The maximum atomic E-state index is 15.6. The predicted octanol–water partition coefficient (Wildman–Crippen LogP) is 5.06. The van der Waals surface area contributed by atoms with Crippen molar-refractivity contribution >= 4 is 76.3 Å². The highest BCUT2D eigenvalue weighted by Gasteiger charge is 2.62. The average molecular weight is 743 g/mol. The summed E-state index contributed by atoms with van der Waals surface area (Å²) in [6.45, 7) is 5.67. The Hall–Kier alpha value is -4.41. The molecule has 4 aliphatic rings. The van der Waals surface area contributed by atoms with Crippen LogP contribution >= 0.6 is 35.3 Å². The summed E-state index contributed by atoms with van der Waals surface area (Å²) in [5, 5.41) is 2.95. The second-order valence-corrected chi connectivity index (χ2v) is 15.3. The topological polar surface area (TPSA) is 147 Å². The van der Waals surface area contributed by atoms with Crippen LogP contribution in [0.4, 0.5) is 10.1 Å². The fourth-order valence-electron chi connectivity index (χ4n) is 6.49. The van der Waals surface area contributed by atoms with Crippen molar-refractivity contribution in [3.8, 4) is 5.75 Å².